The molecule has 0 aliphatic rings. The summed E-state index contributed by atoms with van der Waals surface area (Å²) in [7, 11) is 1.97. The molecule has 2 heterocycles. The van der Waals surface area contributed by atoms with Crippen LogP contribution in [0.2, 0.25) is 5.02 Å². The molecule has 0 radical (unpaired) electrons. The smallest absolute Gasteiger partial charge is 0.230 e. The second-order valence-corrected chi connectivity index (χ2v) is 6.02. The van der Waals surface area contributed by atoms with E-state index in [1.54, 1.807) is 0 Å². The SMILES string of the molecule is CCc1nnc(CN(C)Cc2nc(-c3ccccc3Cl)oc2C)o1. The van der Waals surface area contributed by atoms with Crippen molar-refractivity contribution in [1.82, 2.24) is 20.1 Å². The lowest BCUT2D eigenvalue weighted by molar-refractivity contribution is 0.274. The van der Waals surface area contributed by atoms with Crippen LogP contribution in [0.4, 0.5) is 0 Å². The molecule has 0 spiro atoms. The molecule has 3 aromatic rings. The number of halogens is 1. The van der Waals surface area contributed by atoms with Crippen LogP contribution in [-0.2, 0) is 19.5 Å². The molecule has 0 saturated carbocycles. The molecule has 0 amide bonds. The van der Waals surface area contributed by atoms with Gasteiger partial charge in [-0.2, -0.15) is 0 Å². The van der Waals surface area contributed by atoms with Crippen molar-refractivity contribution in [3.63, 3.8) is 0 Å². The van der Waals surface area contributed by atoms with Crippen molar-refractivity contribution in [2.75, 3.05) is 7.05 Å². The fourth-order valence-electron chi connectivity index (χ4n) is 2.36. The van der Waals surface area contributed by atoms with Gasteiger partial charge in [0.05, 0.1) is 22.8 Å². The lowest BCUT2D eigenvalue weighted by atomic mass is 10.2. The molecule has 7 heteroatoms. The van der Waals surface area contributed by atoms with Crippen molar-refractivity contribution in [2.24, 2.45) is 0 Å². The summed E-state index contributed by atoms with van der Waals surface area (Å²) in [6, 6.07) is 7.51. The molecule has 0 aliphatic heterocycles. The predicted molar refractivity (Wildman–Crippen MR) is 90.5 cm³/mol. The van der Waals surface area contributed by atoms with E-state index in [1.807, 2.05) is 50.1 Å². The van der Waals surface area contributed by atoms with Crippen LogP contribution in [0.5, 0.6) is 0 Å². The molecule has 126 valence electrons. The number of hydrogen-bond donors (Lipinski definition) is 0. The van der Waals surface area contributed by atoms with E-state index in [0.29, 0.717) is 35.8 Å². The highest BCUT2D eigenvalue weighted by Crippen LogP contribution is 2.28. The van der Waals surface area contributed by atoms with Crippen LogP contribution in [0.1, 0.15) is 30.2 Å². The monoisotopic (exact) mass is 346 g/mol. The third kappa shape index (κ3) is 3.66. The molecule has 24 heavy (non-hydrogen) atoms. The van der Waals surface area contributed by atoms with Crippen LogP contribution in [-0.4, -0.2) is 27.1 Å². The lowest BCUT2D eigenvalue weighted by Gasteiger charge is -2.12. The molecule has 0 unspecified atom stereocenters. The first-order valence-electron chi connectivity index (χ1n) is 7.77. The van der Waals surface area contributed by atoms with Gasteiger partial charge in [-0.05, 0) is 26.1 Å². The van der Waals surface area contributed by atoms with Gasteiger partial charge in [0, 0.05) is 13.0 Å². The summed E-state index contributed by atoms with van der Waals surface area (Å²) in [6.45, 7) is 5.05. The fraction of sp³-hybridized carbons (Fsp3) is 0.353. The van der Waals surface area contributed by atoms with Crippen LogP contribution in [0, 0.1) is 6.92 Å². The van der Waals surface area contributed by atoms with E-state index in [-0.39, 0.29) is 0 Å². The average Bonchev–Trinajstić information content (AvgIpc) is 3.15. The second kappa shape index (κ2) is 7.15. The Bertz CT molecular complexity index is 828. The van der Waals surface area contributed by atoms with Crippen LogP contribution < -0.4 is 0 Å². The average molecular weight is 347 g/mol. The highest BCUT2D eigenvalue weighted by Gasteiger charge is 2.16. The number of aromatic nitrogens is 3. The molecule has 1 aromatic carbocycles. The number of nitrogens with zero attached hydrogens (tertiary/aromatic N) is 4. The molecule has 0 aliphatic carbocycles. The van der Waals surface area contributed by atoms with Gasteiger partial charge in [-0.3, -0.25) is 4.90 Å². The largest absolute Gasteiger partial charge is 0.441 e. The van der Waals surface area contributed by atoms with Crippen molar-refractivity contribution in [3.8, 4) is 11.5 Å². The summed E-state index contributed by atoms with van der Waals surface area (Å²) in [6.07, 6.45) is 0.736. The summed E-state index contributed by atoms with van der Waals surface area (Å²) in [5.41, 5.74) is 1.66. The standard InChI is InChI=1S/C17H19ClN4O2/c1-4-15-20-21-16(24-15)10-22(3)9-14-11(2)23-17(19-14)12-7-5-6-8-13(12)18/h5-8H,4,9-10H2,1-3H3. The van der Waals surface area contributed by atoms with Gasteiger partial charge in [-0.15, -0.1) is 10.2 Å². The summed E-state index contributed by atoms with van der Waals surface area (Å²) >= 11 is 6.21. The topological polar surface area (TPSA) is 68.2 Å². The van der Waals surface area contributed by atoms with Gasteiger partial charge >= 0.3 is 0 Å². The Morgan fingerprint density at radius 3 is 2.54 bits per heavy atom. The Kier molecular flexibility index (Phi) is 4.97. The highest BCUT2D eigenvalue weighted by atomic mass is 35.5. The van der Waals surface area contributed by atoms with Crippen molar-refractivity contribution in [3.05, 3.63) is 52.5 Å². The normalized spacial score (nSPS) is 11.4. The first-order valence-corrected chi connectivity index (χ1v) is 8.15. The maximum atomic E-state index is 6.21. The Balaban J connectivity index is 1.72. The van der Waals surface area contributed by atoms with Crippen LogP contribution in [0.15, 0.2) is 33.1 Å². The van der Waals surface area contributed by atoms with Crippen LogP contribution >= 0.6 is 11.6 Å². The molecule has 3 rings (SSSR count). The summed E-state index contributed by atoms with van der Waals surface area (Å²) < 4.78 is 11.3. The minimum Gasteiger partial charge on any atom is -0.441 e. The maximum absolute atomic E-state index is 6.21. The van der Waals surface area contributed by atoms with Gasteiger partial charge in [0.1, 0.15) is 5.76 Å². The van der Waals surface area contributed by atoms with Crippen LogP contribution in [0.25, 0.3) is 11.5 Å². The van der Waals surface area contributed by atoms with Gasteiger partial charge in [0.2, 0.25) is 17.7 Å². The predicted octanol–water partition coefficient (Wildman–Crippen LogP) is 3.88. The van der Waals surface area contributed by atoms with Crippen LogP contribution in [0.3, 0.4) is 0 Å². The molecule has 2 aromatic heterocycles. The van der Waals surface area contributed by atoms with Gasteiger partial charge < -0.3 is 8.83 Å². The molecule has 0 fully saturated rings. The number of oxazole rings is 1. The quantitative estimate of drug-likeness (QED) is 0.674. The van der Waals surface area contributed by atoms with Crippen molar-refractivity contribution < 1.29 is 8.83 Å². The van der Waals surface area contributed by atoms with E-state index < -0.39 is 0 Å². The summed E-state index contributed by atoms with van der Waals surface area (Å²) in [4.78, 5) is 6.63. The minimum absolute atomic E-state index is 0.535. The number of benzene rings is 1. The second-order valence-electron chi connectivity index (χ2n) is 5.62. The molecule has 0 atom stereocenters. The van der Waals surface area contributed by atoms with E-state index in [4.69, 9.17) is 20.4 Å². The van der Waals surface area contributed by atoms with Crippen molar-refractivity contribution in [2.45, 2.75) is 33.4 Å². The van der Waals surface area contributed by atoms with Gasteiger partial charge in [-0.25, -0.2) is 4.98 Å². The molecule has 6 nitrogen and oxygen atoms in total. The summed E-state index contributed by atoms with van der Waals surface area (Å²) in [5, 5.41) is 8.63. The molecular formula is C17H19ClN4O2. The maximum Gasteiger partial charge on any atom is 0.230 e. The third-order valence-corrected chi connectivity index (χ3v) is 3.96. The third-order valence-electron chi connectivity index (χ3n) is 3.63. The zero-order chi connectivity index (χ0) is 17.1. The Morgan fingerprint density at radius 2 is 1.83 bits per heavy atom. The molecule has 0 N–H and O–H groups in total. The molecule has 0 saturated heterocycles. The molecular weight excluding hydrogens is 328 g/mol. The number of aryl methyl sites for hydroxylation is 2. The molecule has 0 bridgehead atoms. The zero-order valence-corrected chi connectivity index (χ0v) is 14.7. The van der Waals surface area contributed by atoms with E-state index in [2.05, 4.69) is 15.2 Å². The summed E-state index contributed by atoms with van der Waals surface area (Å²) in [5.74, 6) is 2.56. The van der Waals surface area contributed by atoms with Gasteiger partial charge in [-0.1, -0.05) is 30.7 Å². The Labute approximate surface area is 145 Å². The minimum atomic E-state index is 0.535. The Morgan fingerprint density at radius 1 is 1.08 bits per heavy atom. The zero-order valence-electron chi connectivity index (χ0n) is 13.9. The Hall–Kier alpha value is -2.18. The van der Waals surface area contributed by atoms with Crippen molar-refractivity contribution in [1.29, 1.82) is 0 Å². The lowest BCUT2D eigenvalue weighted by Crippen LogP contribution is -2.18. The van der Waals surface area contributed by atoms with Crippen molar-refractivity contribution >= 4 is 11.6 Å². The van der Waals surface area contributed by atoms with E-state index in [9.17, 15) is 0 Å². The van der Waals surface area contributed by atoms with E-state index in [1.165, 1.54) is 0 Å². The van der Waals surface area contributed by atoms with Gasteiger partial charge in [0.15, 0.2) is 0 Å². The first-order chi connectivity index (χ1) is 11.6. The first kappa shape index (κ1) is 16.7. The highest BCUT2D eigenvalue weighted by molar-refractivity contribution is 6.33. The van der Waals surface area contributed by atoms with E-state index in [0.717, 1.165) is 23.4 Å². The number of hydrogen-bond acceptors (Lipinski definition) is 6. The van der Waals surface area contributed by atoms with Gasteiger partial charge in [0.25, 0.3) is 0 Å². The number of rotatable bonds is 6. The van der Waals surface area contributed by atoms with E-state index >= 15 is 0 Å². The fourth-order valence-corrected chi connectivity index (χ4v) is 2.58.